The van der Waals surface area contributed by atoms with Gasteiger partial charge in [-0.3, -0.25) is 14.6 Å². The van der Waals surface area contributed by atoms with E-state index < -0.39 is 0 Å². The van der Waals surface area contributed by atoms with Crippen LogP contribution < -0.4 is 5.56 Å². The van der Waals surface area contributed by atoms with E-state index in [2.05, 4.69) is 36.2 Å². The molecule has 0 aliphatic heterocycles. The molecule has 3 heterocycles. The Morgan fingerprint density at radius 2 is 1.92 bits per heavy atom. The van der Waals surface area contributed by atoms with Gasteiger partial charge < -0.3 is 0 Å². The molecule has 4 rings (SSSR count). The van der Waals surface area contributed by atoms with E-state index in [0.717, 1.165) is 22.5 Å². The Balaban J connectivity index is 1.77. The molecule has 0 unspecified atom stereocenters. The molecule has 0 saturated carbocycles. The average molecular weight is 347 g/mol. The quantitative estimate of drug-likeness (QED) is 0.616. The number of rotatable bonds is 4. The summed E-state index contributed by atoms with van der Waals surface area (Å²) in [5, 5.41) is 7.34. The smallest absolute Gasteiger partial charge is 0.272 e. The first-order valence-electron chi connectivity index (χ1n) is 8.69. The molecule has 1 aromatic carbocycles. The van der Waals surface area contributed by atoms with Gasteiger partial charge in [-0.2, -0.15) is 5.10 Å². The summed E-state index contributed by atoms with van der Waals surface area (Å²) >= 11 is 0. The Kier molecular flexibility index (Phi) is 3.95. The molecule has 6 nitrogen and oxygen atoms in total. The summed E-state index contributed by atoms with van der Waals surface area (Å²) < 4.78 is 3.43. The van der Waals surface area contributed by atoms with E-state index in [1.807, 2.05) is 36.0 Å². The Morgan fingerprint density at radius 3 is 2.62 bits per heavy atom. The minimum absolute atomic E-state index is 0.0760. The maximum atomic E-state index is 12.5. The third-order valence-corrected chi connectivity index (χ3v) is 4.76. The number of benzene rings is 1. The number of hydrogen-bond acceptors (Lipinski definition) is 3. The van der Waals surface area contributed by atoms with Crippen LogP contribution in [-0.2, 0) is 6.54 Å². The standard InChI is InChI=1S/C20H21N5O/c1-13-4-6-16(7-5-13)17-11-22-25-19(26)10-18(23-20(17)25)14(2)12-24-15(3)8-9-21-24/h4-11,14,22H,12H2,1-3H3/t14-/m1/s1. The summed E-state index contributed by atoms with van der Waals surface area (Å²) in [6, 6.07) is 11.8. The van der Waals surface area contributed by atoms with Crippen molar-refractivity contribution in [1.82, 2.24) is 24.4 Å². The van der Waals surface area contributed by atoms with Crippen LogP contribution in [0, 0.1) is 13.8 Å². The van der Waals surface area contributed by atoms with Gasteiger partial charge >= 0.3 is 0 Å². The SMILES string of the molecule is Cc1ccc(-c2c[nH]n3c(=O)cc([C@H](C)Cn4nccc4C)nc23)cc1. The molecule has 6 heteroatoms. The molecule has 0 aliphatic carbocycles. The number of hydrogen-bond donors (Lipinski definition) is 1. The summed E-state index contributed by atoms with van der Waals surface area (Å²) in [5.41, 5.74) is 5.57. The molecular formula is C20H21N5O. The van der Waals surface area contributed by atoms with Crippen molar-refractivity contribution in [2.24, 2.45) is 0 Å². The van der Waals surface area contributed by atoms with Crippen molar-refractivity contribution < 1.29 is 0 Å². The van der Waals surface area contributed by atoms with E-state index in [0.29, 0.717) is 12.2 Å². The third kappa shape index (κ3) is 2.83. The number of aromatic amines is 1. The second kappa shape index (κ2) is 6.29. The fourth-order valence-corrected chi connectivity index (χ4v) is 3.14. The van der Waals surface area contributed by atoms with Crippen LogP contribution >= 0.6 is 0 Å². The Morgan fingerprint density at radius 1 is 1.15 bits per heavy atom. The van der Waals surface area contributed by atoms with Crippen molar-refractivity contribution in [3.05, 3.63) is 76.1 Å². The second-order valence-corrected chi connectivity index (χ2v) is 6.79. The number of nitrogens with zero attached hydrogens (tertiary/aromatic N) is 4. The number of aromatic nitrogens is 5. The van der Waals surface area contributed by atoms with Crippen LogP contribution in [0.1, 0.15) is 29.8 Å². The van der Waals surface area contributed by atoms with E-state index >= 15 is 0 Å². The Labute approximate surface area is 151 Å². The van der Waals surface area contributed by atoms with E-state index in [4.69, 9.17) is 4.98 Å². The lowest BCUT2D eigenvalue weighted by molar-refractivity contribution is 0.523. The van der Waals surface area contributed by atoms with Crippen molar-refractivity contribution in [3.63, 3.8) is 0 Å². The zero-order valence-electron chi connectivity index (χ0n) is 15.1. The zero-order valence-corrected chi connectivity index (χ0v) is 15.1. The van der Waals surface area contributed by atoms with Crippen molar-refractivity contribution in [2.75, 3.05) is 0 Å². The number of nitrogens with one attached hydrogen (secondary N) is 1. The first-order valence-corrected chi connectivity index (χ1v) is 8.69. The van der Waals surface area contributed by atoms with E-state index in [-0.39, 0.29) is 11.5 Å². The second-order valence-electron chi connectivity index (χ2n) is 6.79. The lowest BCUT2D eigenvalue weighted by Crippen LogP contribution is -2.18. The van der Waals surface area contributed by atoms with Crippen LogP contribution in [0.25, 0.3) is 16.8 Å². The minimum Gasteiger partial charge on any atom is -0.296 e. The molecule has 0 fully saturated rings. The molecule has 0 bridgehead atoms. The summed E-state index contributed by atoms with van der Waals surface area (Å²) in [6.07, 6.45) is 3.62. The normalized spacial score (nSPS) is 12.6. The molecular weight excluding hydrogens is 326 g/mol. The topological polar surface area (TPSA) is 68.0 Å². The van der Waals surface area contributed by atoms with Gasteiger partial charge in [-0.25, -0.2) is 9.50 Å². The largest absolute Gasteiger partial charge is 0.296 e. The van der Waals surface area contributed by atoms with E-state index in [1.165, 1.54) is 10.1 Å². The minimum atomic E-state index is -0.104. The molecule has 0 spiro atoms. The first-order chi connectivity index (χ1) is 12.5. The number of H-pyrrole nitrogens is 1. The summed E-state index contributed by atoms with van der Waals surface area (Å²) in [6.45, 7) is 6.83. The van der Waals surface area contributed by atoms with Gasteiger partial charge in [0.25, 0.3) is 5.56 Å². The Hall–Kier alpha value is -3.15. The highest BCUT2D eigenvalue weighted by molar-refractivity contribution is 5.77. The lowest BCUT2D eigenvalue weighted by atomic mass is 10.1. The maximum Gasteiger partial charge on any atom is 0.272 e. The van der Waals surface area contributed by atoms with Gasteiger partial charge in [-0.1, -0.05) is 36.8 Å². The zero-order chi connectivity index (χ0) is 18.3. The molecule has 0 amide bonds. The van der Waals surface area contributed by atoms with Crippen LogP contribution in [0.15, 0.2) is 53.6 Å². The summed E-state index contributed by atoms with van der Waals surface area (Å²) in [7, 11) is 0. The first kappa shape index (κ1) is 16.3. The predicted molar refractivity (Wildman–Crippen MR) is 101 cm³/mol. The van der Waals surface area contributed by atoms with Gasteiger partial charge in [0.15, 0.2) is 5.65 Å². The van der Waals surface area contributed by atoms with Crippen molar-refractivity contribution >= 4 is 5.65 Å². The molecule has 1 atom stereocenters. The summed E-state index contributed by atoms with van der Waals surface area (Å²) in [5.74, 6) is 0.0760. The fraction of sp³-hybridized carbons (Fsp3) is 0.250. The maximum absolute atomic E-state index is 12.5. The monoisotopic (exact) mass is 347 g/mol. The van der Waals surface area contributed by atoms with Crippen molar-refractivity contribution in [1.29, 1.82) is 0 Å². The molecule has 132 valence electrons. The van der Waals surface area contributed by atoms with Crippen LogP contribution in [0.4, 0.5) is 0 Å². The van der Waals surface area contributed by atoms with Gasteiger partial charge in [-0.05, 0) is 25.5 Å². The average Bonchev–Trinajstić information content (AvgIpc) is 3.22. The molecule has 0 aliphatic rings. The number of fused-ring (bicyclic) bond motifs is 1. The van der Waals surface area contributed by atoms with Crippen LogP contribution in [0.2, 0.25) is 0 Å². The van der Waals surface area contributed by atoms with E-state index in [9.17, 15) is 4.79 Å². The van der Waals surface area contributed by atoms with E-state index in [1.54, 1.807) is 12.3 Å². The van der Waals surface area contributed by atoms with Crippen molar-refractivity contribution in [3.8, 4) is 11.1 Å². The van der Waals surface area contributed by atoms with Crippen LogP contribution in [0.5, 0.6) is 0 Å². The Bertz CT molecular complexity index is 1120. The van der Waals surface area contributed by atoms with Gasteiger partial charge in [0.2, 0.25) is 0 Å². The predicted octanol–water partition coefficient (Wildman–Crippen LogP) is 3.31. The fourth-order valence-electron chi connectivity index (χ4n) is 3.14. The molecule has 4 aromatic rings. The highest BCUT2D eigenvalue weighted by Crippen LogP contribution is 2.24. The van der Waals surface area contributed by atoms with Gasteiger partial charge in [-0.15, -0.1) is 0 Å². The van der Waals surface area contributed by atoms with Crippen LogP contribution in [0.3, 0.4) is 0 Å². The highest BCUT2D eigenvalue weighted by atomic mass is 16.1. The molecule has 0 radical (unpaired) electrons. The van der Waals surface area contributed by atoms with Gasteiger partial charge in [0.1, 0.15) is 0 Å². The number of aryl methyl sites for hydroxylation is 2. The van der Waals surface area contributed by atoms with Gasteiger partial charge in [0.05, 0.1) is 5.69 Å². The lowest BCUT2D eigenvalue weighted by Gasteiger charge is -2.13. The molecule has 0 saturated heterocycles. The highest BCUT2D eigenvalue weighted by Gasteiger charge is 2.15. The third-order valence-electron chi connectivity index (χ3n) is 4.76. The molecule has 26 heavy (non-hydrogen) atoms. The van der Waals surface area contributed by atoms with Crippen LogP contribution in [-0.4, -0.2) is 24.4 Å². The van der Waals surface area contributed by atoms with Gasteiger partial charge in [0, 0.05) is 42.2 Å². The van der Waals surface area contributed by atoms with Crippen molar-refractivity contribution in [2.45, 2.75) is 33.2 Å². The molecule has 3 aromatic heterocycles. The molecule has 1 N–H and O–H groups in total. The summed E-state index contributed by atoms with van der Waals surface area (Å²) in [4.78, 5) is 17.3.